The monoisotopic (exact) mass is 375 g/mol. The maximum absolute atomic E-state index is 9.77. The van der Waals surface area contributed by atoms with Crippen LogP contribution in [-0.4, -0.2) is 45.9 Å². The number of likely N-dealkylation sites (tertiary alicyclic amines) is 1. The van der Waals surface area contributed by atoms with Gasteiger partial charge < -0.3 is 14.4 Å². The molecule has 0 radical (unpaired) electrons. The highest BCUT2D eigenvalue weighted by Crippen LogP contribution is 2.39. The lowest BCUT2D eigenvalue weighted by molar-refractivity contribution is 0.0670. The lowest BCUT2D eigenvalue weighted by Gasteiger charge is -2.40. The van der Waals surface area contributed by atoms with E-state index in [4.69, 9.17) is 4.42 Å². The zero-order chi connectivity index (χ0) is 19.4. The Kier molecular flexibility index (Phi) is 7.10. The molecule has 2 heterocycles. The molecule has 1 aromatic rings. The lowest BCUT2D eigenvalue weighted by atomic mass is 9.69. The van der Waals surface area contributed by atoms with Crippen molar-refractivity contribution < 1.29 is 9.52 Å². The van der Waals surface area contributed by atoms with Gasteiger partial charge in [0.15, 0.2) is 0 Å². The summed E-state index contributed by atoms with van der Waals surface area (Å²) in [6.45, 7) is 12.3. The normalized spacial score (nSPS) is 27.9. The van der Waals surface area contributed by atoms with Crippen LogP contribution in [0.25, 0.3) is 0 Å². The number of aromatic nitrogens is 2. The zero-order valence-corrected chi connectivity index (χ0v) is 17.5. The van der Waals surface area contributed by atoms with Crippen LogP contribution in [-0.2, 0) is 12.8 Å². The van der Waals surface area contributed by atoms with Crippen LogP contribution in [0.1, 0.15) is 65.2 Å². The largest absolute Gasteiger partial charge is 0.425 e. The van der Waals surface area contributed by atoms with E-state index in [-0.39, 0.29) is 6.10 Å². The highest BCUT2D eigenvalue weighted by Gasteiger charge is 2.34. The Hall–Kier alpha value is -1.20. The van der Waals surface area contributed by atoms with Gasteiger partial charge in [-0.3, -0.25) is 0 Å². The summed E-state index contributed by atoms with van der Waals surface area (Å²) in [6, 6.07) is 0. The minimum absolute atomic E-state index is 0.0952. The molecule has 1 aliphatic heterocycles. The Labute approximate surface area is 164 Å². The van der Waals surface area contributed by atoms with Gasteiger partial charge in [-0.15, -0.1) is 10.2 Å². The summed E-state index contributed by atoms with van der Waals surface area (Å²) in [5.41, 5.74) is 1.48. The molecule has 0 unspecified atom stereocenters. The van der Waals surface area contributed by atoms with Crippen molar-refractivity contribution in [3.05, 3.63) is 23.4 Å². The number of nitrogens with zero attached hydrogens (tertiary/aromatic N) is 3. The molecular weight excluding hydrogens is 338 g/mol. The van der Waals surface area contributed by atoms with E-state index < -0.39 is 0 Å². The molecule has 1 aromatic heterocycles. The summed E-state index contributed by atoms with van der Waals surface area (Å²) in [7, 11) is 0. The number of allylic oxidation sites excluding steroid dienone is 1. The van der Waals surface area contributed by atoms with Crippen LogP contribution in [0.2, 0.25) is 0 Å². The van der Waals surface area contributed by atoms with Crippen molar-refractivity contribution in [2.45, 2.75) is 72.3 Å². The van der Waals surface area contributed by atoms with Crippen LogP contribution in [0.4, 0.5) is 0 Å². The molecule has 2 aliphatic rings. The van der Waals surface area contributed by atoms with Crippen molar-refractivity contribution in [3.8, 4) is 0 Å². The molecule has 27 heavy (non-hydrogen) atoms. The lowest BCUT2D eigenvalue weighted by Crippen LogP contribution is -2.42. The molecule has 0 aromatic carbocycles. The third kappa shape index (κ3) is 5.41. The zero-order valence-electron chi connectivity index (χ0n) is 17.5. The van der Waals surface area contributed by atoms with E-state index in [2.05, 4.69) is 48.9 Å². The van der Waals surface area contributed by atoms with E-state index in [1.807, 2.05) is 0 Å². The van der Waals surface area contributed by atoms with Gasteiger partial charge in [-0.05, 0) is 56.3 Å². The van der Waals surface area contributed by atoms with Crippen molar-refractivity contribution >= 4 is 0 Å². The van der Waals surface area contributed by atoms with Gasteiger partial charge in [-0.2, -0.15) is 0 Å². The van der Waals surface area contributed by atoms with Crippen LogP contribution in [0.3, 0.4) is 0 Å². The summed E-state index contributed by atoms with van der Waals surface area (Å²) in [4.78, 5) is 2.55. The Morgan fingerprint density at radius 3 is 2.59 bits per heavy atom. The van der Waals surface area contributed by atoms with E-state index in [0.29, 0.717) is 23.7 Å². The molecule has 3 atom stereocenters. The molecule has 5 nitrogen and oxygen atoms in total. The van der Waals surface area contributed by atoms with Gasteiger partial charge in [0.05, 0.1) is 6.10 Å². The average Bonchev–Trinajstić information content (AvgIpc) is 3.06. The maximum atomic E-state index is 9.77. The molecule has 1 fully saturated rings. The first-order valence-corrected chi connectivity index (χ1v) is 10.9. The van der Waals surface area contributed by atoms with Crippen LogP contribution in [0.15, 0.2) is 16.1 Å². The SMILES string of the molecule is CCCc1nnc(C[C@H]2C[C@@H](C(C)C)[C@H](CN3CCC(O)CC3)C=C2C)o1. The first-order valence-electron chi connectivity index (χ1n) is 10.9. The van der Waals surface area contributed by atoms with E-state index >= 15 is 0 Å². The van der Waals surface area contributed by atoms with Gasteiger partial charge in [-0.1, -0.05) is 32.4 Å². The van der Waals surface area contributed by atoms with Crippen molar-refractivity contribution in [2.24, 2.45) is 23.7 Å². The van der Waals surface area contributed by atoms with Crippen LogP contribution < -0.4 is 0 Å². The van der Waals surface area contributed by atoms with Gasteiger partial charge in [0.1, 0.15) is 0 Å². The molecule has 0 saturated carbocycles. The Morgan fingerprint density at radius 1 is 1.22 bits per heavy atom. The van der Waals surface area contributed by atoms with Crippen molar-refractivity contribution in [1.82, 2.24) is 15.1 Å². The quantitative estimate of drug-likeness (QED) is 0.733. The fourth-order valence-corrected chi connectivity index (χ4v) is 4.78. The van der Waals surface area contributed by atoms with Crippen molar-refractivity contribution in [2.75, 3.05) is 19.6 Å². The van der Waals surface area contributed by atoms with E-state index in [0.717, 1.165) is 63.5 Å². The summed E-state index contributed by atoms with van der Waals surface area (Å²) < 4.78 is 5.85. The third-order valence-electron chi connectivity index (χ3n) is 6.50. The summed E-state index contributed by atoms with van der Waals surface area (Å²) in [6.07, 6.45) is 8.23. The number of aryl methyl sites for hydroxylation is 1. The molecule has 1 N–H and O–H groups in total. The smallest absolute Gasteiger partial charge is 0.217 e. The predicted molar refractivity (Wildman–Crippen MR) is 107 cm³/mol. The first kappa shape index (κ1) is 20.5. The van der Waals surface area contributed by atoms with Gasteiger partial charge >= 0.3 is 0 Å². The molecule has 1 aliphatic carbocycles. The predicted octanol–water partition coefficient (Wildman–Crippen LogP) is 3.88. The number of hydrogen-bond donors (Lipinski definition) is 1. The second-order valence-electron chi connectivity index (χ2n) is 8.99. The Balaban J connectivity index is 1.65. The summed E-state index contributed by atoms with van der Waals surface area (Å²) >= 11 is 0. The topological polar surface area (TPSA) is 62.4 Å². The van der Waals surface area contributed by atoms with Gasteiger partial charge in [0.2, 0.25) is 11.8 Å². The van der Waals surface area contributed by atoms with E-state index in [1.54, 1.807) is 0 Å². The fourth-order valence-electron chi connectivity index (χ4n) is 4.78. The standard InChI is InChI=1S/C22H37N3O2/c1-5-6-21-23-24-22(27-21)13-17-12-20(15(2)3)18(11-16(17)4)14-25-9-7-19(26)8-10-25/h11,15,17-20,26H,5-10,12-14H2,1-4H3/t17-,18+,20+/m1/s1. The third-order valence-corrected chi connectivity index (χ3v) is 6.50. The first-order chi connectivity index (χ1) is 13.0. The van der Waals surface area contributed by atoms with Gasteiger partial charge in [0, 0.05) is 32.5 Å². The Bertz CT molecular complexity index is 617. The Morgan fingerprint density at radius 2 is 1.93 bits per heavy atom. The number of rotatable bonds is 7. The molecular formula is C22H37N3O2. The second kappa shape index (κ2) is 9.33. The minimum atomic E-state index is -0.0952. The summed E-state index contributed by atoms with van der Waals surface area (Å²) in [5.74, 6) is 4.03. The van der Waals surface area contributed by atoms with Crippen LogP contribution in [0.5, 0.6) is 0 Å². The highest BCUT2D eigenvalue weighted by molar-refractivity contribution is 5.14. The minimum Gasteiger partial charge on any atom is -0.425 e. The molecule has 0 amide bonds. The van der Waals surface area contributed by atoms with Crippen molar-refractivity contribution in [3.63, 3.8) is 0 Å². The maximum Gasteiger partial charge on any atom is 0.217 e. The fraction of sp³-hybridized carbons (Fsp3) is 0.818. The number of aliphatic hydroxyl groups excluding tert-OH is 1. The molecule has 3 rings (SSSR count). The van der Waals surface area contributed by atoms with Gasteiger partial charge in [0.25, 0.3) is 0 Å². The number of piperidine rings is 1. The molecule has 152 valence electrons. The molecule has 1 saturated heterocycles. The van der Waals surface area contributed by atoms with Gasteiger partial charge in [-0.25, -0.2) is 0 Å². The number of hydrogen-bond acceptors (Lipinski definition) is 5. The molecule has 0 bridgehead atoms. The molecule has 0 spiro atoms. The van der Waals surface area contributed by atoms with Crippen LogP contribution >= 0.6 is 0 Å². The van der Waals surface area contributed by atoms with E-state index in [9.17, 15) is 5.11 Å². The molecule has 5 heteroatoms. The van der Waals surface area contributed by atoms with Crippen LogP contribution in [0, 0.1) is 23.7 Å². The second-order valence-corrected chi connectivity index (χ2v) is 8.99. The van der Waals surface area contributed by atoms with Crippen molar-refractivity contribution in [1.29, 1.82) is 0 Å². The summed E-state index contributed by atoms with van der Waals surface area (Å²) in [5, 5.41) is 18.2. The number of aliphatic hydroxyl groups is 1. The average molecular weight is 376 g/mol. The highest BCUT2D eigenvalue weighted by atomic mass is 16.4. The van der Waals surface area contributed by atoms with E-state index in [1.165, 1.54) is 12.0 Å².